The smallest absolute Gasteiger partial charge is 0.240 e. The summed E-state index contributed by atoms with van der Waals surface area (Å²) in [5.41, 5.74) is 6.41. The quantitative estimate of drug-likeness (QED) is 0.625. The molecule has 2 N–H and O–H groups in total. The Bertz CT molecular complexity index is 1030. The molecule has 8 heteroatoms. The van der Waals surface area contributed by atoms with Crippen molar-refractivity contribution >= 4 is 23.4 Å². The van der Waals surface area contributed by atoms with Crippen LogP contribution >= 0.6 is 11.8 Å². The zero-order valence-corrected chi connectivity index (χ0v) is 18.1. The molecule has 0 saturated heterocycles. The zero-order chi connectivity index (χ0) is 21.1. The van der Waals surface area contributed by atoms with Gasteiger partial charge in [-0.15, -0.1) is 10.2 Å². The van der Waals surface area contributed by atoms with E-state index in [2.05, 4.69) is 59.1 Å². The number of amides is 1. The molecule has 1 aromatic heterocycles. The van der Waals surface area contributed by atoms with Gasteiger partial charge in [0.1, 0.15) is 11.0 Å². The van der Waals surface area contributed by atoms with E-state index in [4.69, 9.17) is 4.74 Å². The molecule has 2 heterocycles. The Morgan fingerprint density at radius 1 is 1.23 bits per heavy atom. The summed E-state index contributed by atoms with van der Waals surface area (Å²) in [5, 5.41) is 11.9. The van der Waals surface area contributed by atoms with E-state index in [0.29, 0.717) is 16.6 Å². The Hall–Kier alpha value is -3.00. The lowest BCUT2D eigenvalue weighted by Crippen LogP contribution is -2.41. The van der Waals surface area contributed by atoms with Crippen LogP contribution in [0.2, 0.25) is 0 Å². The summed E-state index contributed by atoms with van der Waals surface area (Å²) in [6.07, 6.45) is 1.79. The van der Waals surface area contributed by atoms with Gasteiger partial charge in [-0.25, -0.2) is 4.68 Å². The first kappa shape index (κ1) is 20.3. The molecule has 2 aromatic carbocycles. The van der Waals surface area contributed by atoms with Crippen LogP contribution < -0.4 is 15.5 Å². The van der Waals surface area contributed by atoms with Crippen LogP contribution in [0.1, 0.15) is 36.3 Å². The highest BCUT2D eigenvalue weighted by molar-refractivity contribution is 8.00. The van der Waals surface area contributed by atoms with Gasteiger partial charge in [0, 0.05) is 18.2 Å². The summed E-state index contributed by atoms with van der Waals surface area (Å²) < 4.78 is 7.19. The molecule has 1 amide bonds. The second kappa shape index (κ2) is 8.79. The molecule has 2 atom stereocenters. The Kier molecular flexibility index (Phi) is 5.94. The van der Waals surface area contributed by atoms with Gasteiger partial charge in [-0.05, 0) is 31.0 Å². The Morgan fingerprint density at radius 2 is 2.03 bits per heavy atom. The number of ether oxygens (including phenoxy) is 1. The highest BCUT2D eigenvalue weighted by Crippen LogP contribution is 2.38. The highest BCUT2D eigenvalue weighted by Gasteiger charge is 2.37. The molecular formula is C22H25N5O2S. The fourth-order valence-electron chi connectivity index (χ4n) is 3.42. The van der Waals surface area contributed by atoms with Gasteiger partial charge in [0.05, 0.1) is 13.2 Å². The largest absolute Gasteiger partial charge is 0.497 e. The predicted octanol–water partition coefficient (Wildman–Crippen LogP) is 3.95. The van der Waals surface area contributed by atoms with Gasteiger partial charge in [0.15, 0.2) is 5.82 Å². The number of nitrogens with one attached hydrogen (secondary N) is 2. The number of thioether (sulfide) groups is 1. The first-order valence-corrected chi connectivity index (χ1v) is 10.9. The molecule has 0 spiro atoms. The second-order valence-electron chi connectivity index (χ2n) is 7.26. The minimum atomic E-state index is -0.412. The molecule has 0 aliphatic carbocycles. The number of anilines is 1. The summed E-state index contributed by atoms with van der Waals surface area (Å²) in [4.78, 5) is 13.3. The van der Waals surface area contributed by atoms with E-state index in [1.54, 1.807) is 7.11 Å². The third-order valence-corrected chi connectivity index (χ3v) is 6.22. The summed E-state index contributed by atoms with van der Waals surface area (Å²) in [6, 6.07) is 15.4. The van der Waals surface area contributed by atoms with E-state index in [0.717, 1.165) is 24.2 Å². The van der Waals surface area contributed by atoms with E-state index < -0.39 is 5.25 Å². The zero-order valence-electron chi connectivity index (χ0n) is 17.3. The van der Waals surface area contributed by atoms with Gasteiger partial charge in [-0.3, -0.25) is 4.79 Å². The molecule has 0 unspecified atom stereocenters. The maximum atomic E-state index is 13.3. The van der Waals surface area contributed by atoms with E-state index in [1.807, 2.05) is 28.9 Å². The molecule has 156 valence electrons. The summed E-state index contributed by atoms with van der Waals surface area (Å²) in [7, 11) is 1.61. The predicted molar refractivity (Wildman–Crippen MR) is 119 cm³/mol. The van der Waals surface area contributed by atoms with Crippen molar-refractivity contribution in [2.45, 2.75) is 43.1 Å². The van der Waals surface area contributed by atoms with Crippen molar-refractivity contribution in [3.63, 3.8) is 0 Å². The fraction of sp³-hybridized carbons (Fsp3) is 0.318. The number of fused-ring (bicyclic) bond motifs is 1. The highest BCUT2D eigenvalue weighted by atomic mass is 32.2. The van der Waals surface area contributed by atoms with Crippen molar-refractivity contribution in [3.8, 4) is 5.75 Å². The number of hydrogen-bond acceptors (Lipinski definition) is 6. The SMILES string of the molecule is CCCc1nnc2n1N[C@@H](c1ccc(C)cc1)[C@@H](C(=O)Nc1cccc(OC)c1)S2. The molecule has 4 rings (SSSR count). The van der Waals surface area contributed by atoms with Gasteiger partial charge in [0.25, 0.3) is 0 Å². The van der Waals surface area contributed by atoms with Crippen molar-refractivity contribution in [3.05, 3.63) is 65.5 Å². The number of hydrogen-bond donors (Lipinski definition) is 2. The number of benzene rings is 2. The van der Waals surface area contributed by atoms with Crippen LogP contribution in [0.15, 0.2) is 53.7 Å². The van der Waals surface area contributed by atoms with E-state index in [1.165, 1.54) is 17.3 Å². The van der Waals surface area contributed by atoms with Crippen molar-refractivity contribution in [1.29, 1.82) is 0 Å². The van der Waals surface area contributed by atoms with Gasteiger partial charge in [-0.2, -0.15) is 0 Å². The Morgan fingerprint density at radius 3 is 2.77 bits per heavy atom. The van der Waals surface area contributed by atoms with Crippen molar-refractivity contribution in [2.75, 3.05) is 17.9 Å². The first-order chi connectivity index (χ1) is 14.6. The maximum Gasteiger partial charge on any atom is 0.240 e. The topological polar surface area (TPSA) is 81.1 Å². The standard InChI is InChI=1S/C22H25N5O2S/c1-4-6-18-24-25-22-27(18)26-19(15-11-9-14(2)10-12-15)20(30-22)21(28)23-16-7-5-8-17(13-16)29-3/h5,7-13,19-20,26H,4,6H2,1-3H3,(H,23,28)/t19-,20-/m0/s1. The van der Waals surface area contributed by atoms with Crippen molar-refractivity contribution in [1.82, 2.24) is 14.9 Å². The normalized spacial score (nSPS) is 17.7. The van der Waals surface area contributed by atoms with Crippen molar-refractivity contribution < 1.29 is 9.53 Å². The number of carbonyl (C=O) groups excluding carboxylic acids is 1. The Labute approximate surface area is 180 Å². The monoisotopic (exact) mass is 423 g/mol. The third-order valence-electron chi connectivity index (χ3n) is 5.01. The Balaban J connectivity index is 1.65. The number of aryl methyl sites for hydroxylation is 2. The van der Waals surface area contributed by atoms with Crippen LogP contribution in [0.4, 0.5) is 5.69 Å². The fourth-order valence-corrected chi connectivity index (χ4v) is 4.52. The van der Waals surface area contributed by atoms with E-state index >= 15 is 0 Å². The lowest BCUT2D eigenvalue weighted by atomic mass is 10.0. The number of methoxy groups -OCH3 is 1. The van der Waals surface area contributed by atoms with Gasteiger partial charge >= 0.3 is 0 Å². The summed E-state index contributed by atoms with van der Waals surface area (Å²) >= 11 is 1.43. The lowest BCUT2D eigenvalue weighted by Gasteiger charge is -2.33. The van der Waals surface area contributed by atoms with Crippen LogP contribution in [0, 0.1) is 6.92 Å². The van der Waals surface area contributed by atoms with Gasteiger partial charge in [0.2, 0.25) is 11.1 Å². The molecule has 3 aromatic rings. The van der Waals surface area contributed by atoms with Crippen molar-refractivity contribution in [2.24, 2.45) is 0 Å². The van der Waals surface area contributed by atoms with E-state index in [-0.39, 0.29) is 11.9 Å². The summed E-state index contributed by atoms with van der Waals surface area (Å²) in [5.74, 6) is 1.47. The molecule has 0 saturated carbocycles. The van der Waals surface area contributed by atoms with Gasteiger partial charge in [-0.1, -0.05) is 54.6 Å². The van der Waals surface area contributed by atoms with Crippen LogP contribution in [0.3, 0.4) is 0 Å². The van der Waals surface area contributed by atoms with Crippen LogP contribution in [0.25, 0.3) is 0 Å². The minimum Gasteiger partial charge on any atom is -0.497 e. The van der Waals surface area contributed by atoms with Crippen LogP contribution in [-0.2, 0) is 11.2 Å². The molecule has 1 aliphatic rings. The number of rotatable bonds is 6. The summed E-state index contributed by atoms with van der Waals surface area (Å²) in [6.45, 7) is 4.16. The molecular weight excluding hydrogens is 398 g/mol. The molecule has 0 fully saturated rings. The molecule has 1 aliphatic heterocycles. The van der Waals surface area contributed by atoms with Gasteiger partial charge < -0.3 is 15.5 Å². The number of carbonyl (C=O) groups is 1. The molecule has 0 bridgehead atoms. The lowest BCUT2D eigenvalue weighted by molar-refractivity contribution is -0.116. The van der Waals surface area contributed by atoms with E-state index in [9.17, 15) is 4.79 Å². The first-order valence-electron chi connectivity index (χ1n) is 9.98. The molecule has 7 nitrogen and oxygen atoms in total. The third kappa shape index (κ3) is 4.14. The maximum absolute atomic E-state index is 13.3. The van der Waals surface area contributed by atoms with Crippen LogP contribution in [-0.4, -0.2) is 33.1 Å². The minimum absolute atomic E-state index is 0.0994. The average Bonchev–Trinajstić information content (AvgIpc) is 3.15. The molecule has 30 heavy (non-hydrogen) atoms. The molecule has 0 radical (unpaired) electrons. The van der Waals surface area contributed by atoms with Crippen LogP contribution in [0.5, 0.6) is 5.75 Å². The number of aromatic nitrogens is 3. The second-order valence-corrected chi connectivity index (χ2v) is 8.37. The number of nitrogens with zero attached hydrogens (tertiary/aromatic N) is 3. The average molecular weight is 424 g/mol.